The number of imidazole rings is 1. The first kappa shape index (κ1) is 39.1. The third-order valence-corrected chi connectivity index (χ3v) is 11.9. The Morgan fingerprint density at radius 2 is 0.600 bits per heavy atom. The van der Waals surface area contributed by atoms with E-state index in [0.717, 1.165) is 73.4 Å². The van der Waals surface area contributed by atoms with Crippen LogP contribution in [0.25, 0.3) is 61.5 Å². The van der Waals surface area contributed by atoms with Gasteiger partial charge in [0.1, 0.15) is 5.65 Å². The number of hydrogen-bond acceptors (Lipinski definition) is 4. The van der Waals surface area contributed by atoms with Crippen LogP contribution in [0.5, 0.6) is 0 Å². The standard InChI is InChI=1S/C60H43N5/c1-4-12-44(13-5-1)46-19-29-52(30-20-46)64(53-31-21-47(22-32-53)45-14-6-2-7-15-45)54-33-23-48(24-34-54)49-25-35-55(36-26-49)65(57-39-41-61-42-40-57)56-37-27-51(28-38-56)60-59(50-16-8-3-9-17-50)62-58-18-10-11-43-63(58)60/h1-43H. The molecule has 0 radical (unpaired) electrons. The Hall–Kier alpha value is -8.80. The van der Waals surface area contributed by atoms with Crippen molar-refractivity contribution in [1.29, 1.82) is 0 Å². The van der Waals surface area contributed by atoms with E-state index in [1.54, 1.807) is 0 Å². The molecule has 0 fully saturated rings. The van der Waals surface area contributed by atoms with Crippen LogP contribution in [0.3, 0.4) is 0 Å². The summed E-state index contributed by atoms with van der Waals surface area (Å²) in [5, 5.41) is 0. The van der Waals surface area contributed by atoms with Crippen molar-refractivity contribution in [2.75, 3.05) is 9.80 Å². The highest BCUT2D eigenvalue weighted by atomic mass is 15.1. The van der Waals surface area contributed by atoms with E-state index in [2.05, 4.69) is 256 Å². The lowest BCUT2D eigenvalue weighted by atomic mass is 10.0. The van der Waals surface area contributed by atoms with Crippen LogP contribution in [0, 0.1) is 0 Å². The molecule has 0 saturated carbocycles. The van der Waals surface area contributed by atoms with Crippen molar-refractivity contribution < 1.29 is 0 Å². The van der Waals surface area contributed by atoms with Crippen LogP contribution in [0.4, 0.5) is 34.1 Å². The Morgan fingerprint density at radius 1 is 0.277 bits per heavy atom. The molecule has 8 aromatic carbocycles. The predicted octanol–water partition coefficient (Wildman–Crippen LogP) is 16.0. The summed E-state index contributed by atoms with van der Waals surface area (Å²) in [6.07, 6.45) is 5.77. The number of fused-ring (bicyclic) bond motifs is 1. The number of benzene rings is 8. The first-order valence-electron chi connectivity index (χ1n) is 21.9. The van der Waals surface area contributed by atoms with Crippen molar-refractivity contribution >= 4 is 39.8 Å². The van der Waals surface area contributed by atoms with E-state index in [-0.39, 0.29) is 0 Å². The van der Waals surface area contributed by atoms with Crippen molar-refractivity contribution in [2.24, 2.45) is 0 Å². The maximum absolute atomic E-state index is 5.05. The van der Waals surface area contributed by atoms with E-state index in [4.69, 9.17) is 4.98 Å². The van der Waals surface area contributed by atoms with Crippen molar-refractivity contribution in [2.45, 2.75) is 0 Å². The Kier molecular flexibility index (Phi) is 10.5. The van der Waals surface area contributed by atoms with E-state index >= 15 is 0 Å². The third-order valence-electron chi connectivity index (χ3n) is 11.9. The van der Waals surface area contributed by atoms with Crippen molar-refractivity contribution in [3.8, 4) is 55.9 Å². The van der Waals surface area contributed by atoms with Crippen LogP contribution < -0.4 is 9.80 Å². The van der Waals surface area contributed by atoms with Crippen LogP contribution in [-0.4, -0.2) is 14.4 Å². The van der Waals surface area contributed by atoms with E-state index in [9.17, 15) is 0 Å². The van der Waals surface area contributed by atoms with Gasteiger partial charge in [0.25, 0.3) is 0 Å². The van der Waals surface area contributed by atoms with Gasteiger partial charge in [-0.2, -0.15) is 0 Å². The number of anilines is 6. The van der Waals surface area contributed by atoms with Gasteiger partial charge in [0.15, 0.2) is 0 Å². The first-order chi connectivity index (χ1) is 32.2. The molecule has 11 aromatic rings. The van der Waals surface area contributed by atoms with Gasteiger partial charge < -0.3 is 9.80 Å². The number of nitrogens with zero attached hydrogens (tertiary/aromatic N) is 5. The summed E-state index contributed by atoms with van der Waals surface area (Å²) in [6, 6.07) is 85.8. The fourth-order valence-corrected chi connectivity index (χ4v) is 8.70. The predicted molar refractivity (Wildman–Crippen MR) is 270 cm³/mol. The van der Waals surface area contributed by atoms with Crippen LogP contribution >= 0.6 is 0 Å². The largest absolute Gasteiger partial charge is 0.311 e. The van der Waals surface area contributed by atoms with Gasteiger partial charge in [0, 0.05) is 63.8 Å². The van der Waals surface area contributed by atoms with Gasteiger partial charge in [0.05, 0.1) is 11.4 Å². The Balaban J connectivity index is 0.899. The van der Waals surface area contributed by atoms with Crippen LogP contribution in [0.1, 0.15) is 0 Å². The van der Waals surface area contributed by atoms with Crippen molar-refractivity contribution in [3.05, 3.63) is 261 Å². The molecule has 0 N–H and O–H groups in total. The second-order valence-electron chi connectivity index (χ2n) is 15.9. The molecule has 3 aromatic heterocycles. The molecular formula is C60H43N5. The van der Waals surface area contributed by atoms with Gasteiger partial charge in [-0.05, 0) is 118 Å². The Labute approximate surface area is 379 Å². The number of rotatable bonds is 11. The summed E-state index contributed by atoms with van der Waals surface area (Å²) >= 11 is 0. The zero-order valence-electron chi connectivity index (χ0n) is 35.6. The average molecular weight is 834 g/mol. The molecule has 0 atom stereocenters. The summed E-state index contributed by atoms with van der Waals surface area (Å²) in [7, 11) is 0. The minimum Gasteiger partial charge on any atom is -0.311 e. The lowest BCUT2D eigenvalue weighted by Gasteiger charge is -2.26. The summed E-state index contributed by atoms with van der Waals surface area (Å²) in [4.78, 5) is 14.0. The fraction of sp³-hybridized carbons (Fsp3) is 0. The molecule has 0 bridgehead atoms. The van der Waals surface area contributed by atoms with Gasteiger partial charge in [-0.25, -0.2) is 4.98 Å². The molecule has 0 saturated heterocycles. The van der Waals surface area contributed by atoms with Crippen molar-refractivity contribution in [1.82, 2.24) is 14.4 Å². The fourth-order valence-electron chi connectivity index (χ4n) is 8.70. The minimum absolute atomic E-state index is 0.915. The van der Waals surface area contributed by atoms with Gasteiger partial charge in [-0.3, -0.25) is 9.38 Å². The smallest absolute Gasteiger partial charge is 0.137 e. The highest BCUT2D eigenvalue weighted by Gasteiger charge is 2.19. The normalized spacial score (nSPS) is 11.1. The molecular weight excluding hydrogens is 791 g/mol. The number of aromatic nitrogens is 3. The molecule has 11 rings (SSSR count). The van der Waals surface area contributed by atoms with Gasteiger partial charge in [-0.1, -0.05) is 158 Å². The SMILES string of the molecule is c1ccc(-c2ccc(N(c3ccc(-c4ccccc4)cc3)c3ccc(-c4ccc(N(c5ccncc5)c5ccc(-c6c(-c7ccccc7)nc7ccccn67)cc5)cc4)cc3)cc2)cc1. The monoisotopic (exact) mass is 833 g/mol. The molecule has 3 heterocycles. The molecule has 5 nitrogen and oxygen atoms in total. The van der Waals surface area contributed by atoms with Crippen LogP contribution in [-0.2, 0) is 0 Å². The number of pyridine rings is 2. The maximum Gasteiger partial charge on any atom is 0.137 e. The van der Waals surface area contributed by atoms with Gasteiger partial charge in [-0.15, -0.1) is 0 Å². The second-order valence-corrected chi connectivity index (χ2v) is 15.9. The van der Waals surface area contributed by atoms with Crippen molar-refractivity contribution in [3.63, 3.8) is 0 Å². The molecule has 308 valence electrons. The lowest BCUT2D eigenvalue weighted by molar-refractivity contribution is 1.19. The summed E-state index contributed by atoms with van der Waals surface area (Å²) in [5.74, 6) is 0. The molecule has 5 heteroatoms. The van der Waals surface area contributed by atoms with E-state index in [1.165, 1.54) is 22.3 Å². The van der Waals surface area contributed by atoms with Crippen LogP contribution in [0.15, 0.2) is 261 Å². The molecule has 0 unspecified atom stereocenters. The van der Waals surface area contributed by atoms with Crippen LogP contribution in [0.2, 0.25) is 0 Å². The summed E-state index contributed by atoms with van der Waals surface area (Å²) in [6.45, 7) is 0. The topological polar surface area (TPSA) is 36.7 Å². The highest BCUT2D eigenvalue weighted by Crippen LogP contribution is 2.40. The molecule has 65 heavy (non-hydrogen) atoms. The summed E-state index contributed by atoms with van der Waals surface area (Å²) in [5.41, 5.74) is 18.6. The summed E-state index contributed by atoms with van der Waals surface area (Å²) < 4.78 is 2.17. The molecule has 0 amide bonds. The third kappa shape index (κ3) is 7.95. The van der Waals surface area contributed by atoms with Gasteiger partial charge >= 0.3 is 0 Å². The second kappa shape index (κ2) is 17.5. The minimum atomic E-state index is 0.915. The van der Waals surface area contributed by atoms with Gasteiger partial charge in [0.2, 0.25) is 0 Å². The van der Waals surface area contributed by atoms with E-state index in [1.807, 2.05) is 24.5 Å². The maximum atomic E-state index is 5.05. The molecule has 0 aliphatic rings. The van der Waals surface area contributed by atoms with E-state index < -0.39 is 0 Å². The Morgan fingerprint density at radius 3 is 1.00 bits per heavy atom. The lowest BCUT2D eigenvalue weighted by Crippen LogP contribution is -2.10. The Bertz CT molecular complexity index is 3210. The highest BCUT2D eigenvalue weighted by molar-refractivity contribution is 5.85. The zero-order valence-corrected chi connectivity index (χ0v) is 35.6. The first-order valence-corrected chi connectivity index (χ1v) is 21.9. The molecule has 0 aliphatic heterocycles. The quantitative estimate of drug-likeness (QED) is 0.130. The van der Waals surface area contributed by atoms with E-state index in [0.29, 0.717) is 0 Å². The number of hydrogen-bond donors (Lipinski definition) is 0. The zero-order chi connectivity index (χ0) is 43.4. The molecule has 0 aliphatic carbocycles. The average Bonchev–Trinajstić information content (AvgIpc) is 3.79. The molecule has 0 spiro atoms.